The molecular weight excluding hydrogens is 450 g/mol. The molecule has 0 radical (unpaired) electrons. The highest BCUT2D eigenvalue weighted by atomic mass is 79.9. The van der Waals surface area contributed by atoms with E-state index in [4.69, 9.17) is 21.1 Å². The summed E-state index contributed by atoms with van der Waals surface area (Å²) in [6.45, 7) is 7.88. The summed E-state index contributed by atoms with van der Waals surface area (Å²) < 4.78 is 12.8. The van der Waals surface area contributed by atoms with E-state index in [1.807, 2.05) is 37.3 Å². The van der Waals surface area contributed by atoms with Gasteiger partial charge in [-0.15, -0.1) is 0 Å². The first kappa shape index (κ1) is 21.5. The molecule has 3 aromatic rings. The number of hydrogen-bond acceptors (Lipinski definition) is 3. The Morgan fingerprint density at radius 2 is 1.69 bits per heavy atom. The van der Waals surface area contributed by atoms with Gasteiger partial charge in [0.05, 0.1) is 11.1 Å². The van der Waals surface area contributed by atoms with Crippen LogP contribution in [0.2, 0.25) is 5.02 Å². The van der Waals surface area contributed by atoms with Crippen LogP contribution in [-0.2, 0) is 13.2 Å². The standard InChI is InChI=1S/C24H25BrClNO2/c1-4-28-23-13-19(14-27-22-11-16(2)5-6-17(22)3)12-21(25)24(23)29-15-18-7-9-20(26)10-8-18/h5-13,27H,4,14-15H2,1-3H3. The zero-order valence-corrected chi connectivity index (χ0v) is 19.2. The van der Waals surface area contributed by atoms with Gasteiger partial charge in [0.15, 0.2) is 11.5 Å². The summed E-state index contributed by atoms with van der Waals surface area (Å²) in [6.07, 6.45) is 0. The zero-order chi connectivity index (χ0) is 20.8. The van der Waals surface area contributed by atoms with Crippen molar-refractivity contribution in [2.24, 2.45) is 0 Å². The van der Waals surface area contributed by atoms with Gasteiger partial charge in [0.25, 0.3) is 0 Å². The predicted molar refractivity (Wildman–Crippen MR) is 124 cm³/mol. The van der Waals surface area contributed by atoms with Crippen LogP contribution in [0.4, 0.5) is 5.69 Å². The molecule has 0 spiro atoms. The van der Waals surface area contributed by atoms with Crippen LogP contribution in [0.3, 0.4) is 0 Å². The topological polar surface area (TPSA) is 30.5 Å². The molecule has 3 nitrogen and oxygen atoms in total. The average Bonchev–Trinajstić information content (AvgIpc) is 2.69. The molecule has 0 aromatic heterocycles. The largest absolute Gasteiger partial charge is 0.490 e. The smallest absolute Gasteiger partial charge is 0.175 e. The number of anilines is 1. The van der Waals surface area contributed by atoms with E-state index in [1.165, 1.54) is 11.1 Å². The Hall–Kier alpha value is -2.17. The van der Waals surface area contributed by atoms with E-state index in [0.717, 1.165) is 27.0 Å². The highest BCUT2D eigenvalue weighted by Gasteiger charge is 2.13. The number of ether oxygens (including phenoxy) is 2. The third kappa shape index (κ3) is 5.91. The van der Waals surface area contributed by atoms with Crippen LogP contribution >= 0.6 is 27.5 Å². The Bertz CT molecular complexity index is 973. The van der Waals surface area contributed by atoms with Gasteiger partial charge in [0.1, 0.15) is 6.61 Å². The minimum absolute atomic E-state index is 0.440. The Morgan fingerprint density at radius 1 is 0.931 bits per heavy atom. The lowest BCUT2D eigenvalue weighted by molar-refractivity contribution is 0.267. The van der Waals surface area contributed by atoms with E-state index >= 15 is 0 Å². The molecule has 0 heterocycles. The van der Waals surface area contributed by atoms with Crippen LogP contribution < -0.4 is 14.8 Å². The molecule has 0 amide bonds. The van der Waals surface area contributed by atoms with Gasteiger partial charge in [0, 0.05) is 17.3 Å². The van der Waals surface area contributed by atoms with E-state index < -0.39 is 0 Å². The maximum absolute atomic E-state index is 6.06. The summed E-state index contributed by atoms with van der Waals surface area (Å²) in [5.41, 5.74) is 5.76. The molecule has 3 rings (SSSR count). The van der Waals surface area contributed by atoms with Crippen LogP contribution in [0.15, 0.2) is 59.1 Å². The molecule has 29 heavy (non-hydrogen) atoms. The molecule has 0 aliphatic rings. The normalized spacial score (nSPS) is 10.7. The first-order valence-electron chi connectivity index (χ1n) is 9.60. The molecule has 0 atom stereocenters. The van der Waals surface area contributed by atoms with Gasteiger partial charge in [-0.1, -0.05) is 35.9 Å². The second-order valence-electron chi connectivity index (χ2n) is 6.92. The third-order valence-electron chi connectivity index (χ3n) is 4.54. The molecular formula is C24H25BrClNO2. The lowest BCUT2D eigenvalue weighted by atomic mass is 10.1. The third-order valence-corrected chi connectivity index (χ3v) is 5.38. The summed E-state index contributed by atoms with van der Waals surface area (Å²) in [6, 6.07) is 18.2. The zero-order valence-electron chi connectivity index (χ0n) is 16.9. The van der Waals surface area contributed by atoms with Crippen LogP contribution in [0, 0.1) is 13.8 Å². The Morgan fingerprint density at radius 3 is 2.41 bits per heavy atom. The van der Waals surface area contributed by atoms with Crippen LogP contribution in [0.1, 0.15) is 29.2 Å². The van der Waals surface area contributed by atoms with Crippen molar-refractivity contribution in [1.82, 2.24) is 0 Å². The lowest BCUT2D eigenvalue weighted by Gasteiger charge is -2.17. The van der Waals surface area contributed by atoms with E-state index in [0.29, 0.717) is 30.5 Å². The van der Waals surface area contributed by atoms with Gasteiger partial charge in [-0.3, -0.25) is 0 Å². The molecule has 0 fully saturated rings. The van der Waals surface area contributed by atoms with Crippen molar-refractivity contribution in [2.75, 3.05) is 11.9 Å². The van der Waals surface area contributed by atoms with E-state index in [2.05, 4.69) is 59.4 Å². The summed E-state index contributed by atoms with van der Waals surface area (Å²) in [5.74, 6) is 1.44. The van der Waals surface area contributed by atoms with Crippen molar-refractivity contribution in [3.63, 3.8) is 0 Å². The van der Waals surface area contributed by atoms with Gasteiger partial charge in [-0.2, -0.15) is 0 Å². The number of halogens is 2. The number of benzene rings is 3. The van der Waals surface area contributed by atoms with Crippen molar-refractivity contribution < 1.29 is 9.47 Å². The van der Waals surface area contributed by atoms with Crippen molar-refractivity contribution >= 4 is 33.2 Å². The van der Waals surface area contributed by atoms with Gasteiger partial charge in [0.2, 0.25) is 0 Å². The maximum Gasteiger partial charge on any atom is 0.175 e. The summed E-state index contributed by atoms with van der Waals surface area (Å²) >= 11 is 9.61. The SMILES string of the molecule is CCOc1cc(CNc2cc(C)ccc2C)cc(Br)c1OCc1ccc(Cl)cc1. The van der Waals surface area contributed by atoms with Crippen molar-refractivity contribution in [1.29, 1.82) is 0 Å². The number of aryl methyl sites for hydroxylation is 2. The van der Waals surface area contributed by atoms with Gasteiger partial charge >= 0.3 is 0 Å². The van der Waals surface area contributed by atoms with Gasteiger partial charge < -0.3 is 14.8 Å². The van der Waals surface area contributed by atoms with Crippen LogP contribution in [0.25, 0.3) is 0 Å². The quantitative estimate of drug-likeness (QED) is 0.371. The predicted octanol–water partition coefficient (Wildman–Crippen LogP) is 7.31. The molecule has 1 N–H and O–H groups in total. The monoisotopic (exact) mass is 473 g/mol. The van der Waals surface area contributed by atoms with Crippen molar-refractivity contribution in [3.05, 3.63) is 86.3 Å². The summed E-state index contributed by atoms with van der Waals surface area (Å²) in [4.78, 5) is 0. The second-order valence-corrected chi connectivity index (χ2v) is 8.22. The fraction of sp³-hybridized carbons (Fsp3) is 0.250. The average molecular weight is 475 g/mol. The summed E-state index contributed by atoms with van der Waals surface area (Å²) in [5, 5.41) is 4.23. The number of nitrogens with one attached hydrogen (secondary N) is 1. The fourth-order valence-corrected chi connectivity index (χ4v) is 3.72. The van der Waals surface area contributed by atoms with E-state index in [-0.39, 0.29) is 0 Å². The molecule has 5 heteroatoms. The molecule has 0 saturated heterocycles. The first-order valence-corrected chi connectivity index (χ1v) is 10.8. The first-order chi connectivity index (χ1) is 14.0. The van der Waals surface area contributed by atoms with Crippen LogP contribution in [0.5, 0.6) is 11.5 Å². The molecule has 0 aliphatic heterocycles. The van der Waals surface area contributed by atoms with E-state index in [1.54, 1.807) is 0 Å². The maximum atomic E-state index is 6.06. The molecule has 152 valence electrons. The minimum atomic E-state index is 0.440. The van der Waals surface area contributed by atoms with Gasteiger partial charge in [-0.25, -0.2) is 0 Å². The second kappa shape index (κ2) is 10.0. The van der Waals surface area contributed by atoms with E-state index in [9.17, 15) is 0 Å². The van der Waals surface area contributed by atoms with Gasteiger partial charge in [-0.05, 0) is 89.3 Å². The van der Waals surface area contributed by atoms with Crippen LogP contribution in [-0.4, -0.2) is 6.61 Å². The molecule has 0 saturated carbocycles. The Kier molecular flexibility index (Phi) is 7.45. The Balaban J connectivity index is 1.76. The minimum Gasteiger partial charge on any atom is -0.490 e. The fourth-order valence-electron chi connectivity index (χ4n) is 2.99. The molecule has 0 aliphatic carbocycles. The highest BCUT2D eigenvalue weighted by molar-refractivity contribution is 9.10. The Labute approximate surface area is 186 Å². The number of hydrogen-bond donors (Lipinski definition) is 1. The lowest BCUT2D eigenvalue weighted by Crippen LogP contribution is -2.05. The summed E-state index contributed by atoms with van der Waals surface area (Å²) in [7, 11) is 0. The number of rotatable bonds is 8. The van der Waals surface area contributed by atoms with Crippen molar-refractivity contribution in [2.45, 2.75) is 33.9 Å². The molecule has 0 unspecified atom stereocenters. The van der Waals surface area contributed by atoms with Crippen molar-refractivity contribution in [3.8, 4) is 11.5 Å². The molecule has 0 bridgehead atoms. The molecule has 3 aromatic carbocycles. The highest BCUT2D eigenvalue weighted by Crippen LogP contribution is 2.38.